The van der Waals surface area contributed by atoms with Gasteiger partial charge in [0, 0.05) is 102 Å². The molecule has 0 unspecified atom stereocenters. The van der Waals surface area contributed by atoms with Crippen molar-refractivity contribution in [1.82, 2.24) is 19.9 Å². The van der Waals surface area contributed by atoms with E-state index in [1.54, 1.807) is 30.3 Å². The van der Waals surface area contributed by atoms with E-state index in [9.17, 15) is 37.2 Å². The van der Waals surface area contributed by atoms with E-state index in [1.807, 2.05) is 198 Å². The molecule has 1 aliphatic heterocycles. The summed E-state index contributed by atoms with van der Waals surface area (Å²) >= 11 is 3.31. The number of halogens is 2. The summed E-state index contributed by atoms with van der Waals surface area (Å²) in [5.74, 6) is -1.00. The van der Waals surface area contributed by atoms with E-state index in [4.69, 9.17) is 32.1 Å². The number of nitrogens with zero attached hydrogens (tertiary/aromatic N) is 4. The van der Waals surface area contributed by atoms with E-state index in [0.29, 0.717) is 5.56 Å². The van der Waals surface area contributed by atoms with Gasteiger partial charge in [0.25, 0.3) is 22.2 Å². The number of carbonyl (C=O) groups excluding carboxylic acids is 2. The molecular formula is C92H87BrClN9O13S. The van der Waals surface area contributed by atoms with Crippen molar-refractivity contribution in [2.75, 3.05) is 26.9 Å². The fourth-order valence-electron chi connectivity index (χ4n) is 13.4. The van der Waals surface area contributed by atoms with Gasteiger partial charge in [-0.2, -0.15) is 5.26 Å². The third kappa shape index (κ3) is 23.2. The topological polar surface area (TPSA) is 349 Å². The number of esters is 2. The lowest BCUT2D eigenvalue weighted by molar-refractivity contribution is -0.445. The lowest BCUT2D eigenvalue weighted by atomic mass is 10.0. The minimum atomic E-state index is -3.19. The first kappa shape index (κ1) is 90.8. The van der Waals surface area contributed by atoms with E-state index >= 15 is 0 Å². The quantitative estimate of drug-likeness (QED) is 0.0204. The van der Waals surface area contributed by atoms with Gasteiger partial charge in [0.1, 0.15) is 0 Å². The van der Waals surface area contributed by atoms with E-state index in [2.05, 4.69) is 110 Å². The Kier molecular flexibility index (Phi) is 34.4. The summed E-state index contributed by atoms with van der Waals surface area (Å²) in [7, 11) is 4.78. The number of hydrogen-bond donors (Lipinski definition) is 5. The molecule has 6 N–H and O–H groups in total. The molecule has 117 heavy (non-hydrogen) atoms. The van der Waals surface area contributed by atoms with Crippen molar-refractivity contribution in [2.24, 2.45) is 5.73 Å². The maximum atomic E-state index is 12.1. The van der Waals surface area contributed by atoms with Crippen molar-refractivity contribution in [3.8, 4) is 51.1 Å². The van der Waals surface area contributed by atoms with E-state index in [0.717, 1.165) is 150 Å². The first-order valence-corrected chi connectivity index (χ1v) is 40.8. The lowest BCUT2D eigenvalue weighted by Crippen LogP contribution is -2.22. The van der Waals surface area contributed by atoms with Crippen LogP contribution < -0.4 is 28.0 Å². The molecule has 0 spiro atoms. The minimum Gasteiger partial charge on any atom is -0.389 e. The second-order valence-corrected chi connectivity index (χ2v) is 28.8. The van der Waals surface area contributed by atoms with Gasteiger partial charge < -0.3 is 30.4 Å². The summed E-state index contributed by atoms with van der Waals surface area (Å²) in [4.78, 5) is 102. The predicted octanol–water partition coefficient (Wildman–Crippen LogP) is 19.0. The van der Waals surface area contributed by atoms with Crippen LogP contribution in [-0.4, -0.2) is 77.0 Å². The van der Waals surface area contributed by atoms with Crippen molar-refractivity contribution in [1.29, 1.82) is 5.26 Å². The fourth-order valence-corrected chi connectivity index (χ4v) is 13.9. The van der Waals surface area contributed by atoms with Gasteiger partial charge in [0.15, 0.2) is 19.8 Å². The summed E-state index contributed by atoms with van der Waals surface area (Å²) in [6.07, 6.45) is 3.82. The summed E-state index contributed by atoms with van der Waals surface area (Å²) in [6.45, 7) is 17.7. The van der Waals surface area contributed by atoms with Crippen LogP contribution in [0.4, 0.5) is 5.69 Å². The van der Waals surface area contributed by atoms with Crippen molar-refractivity contribution < 1.29 is 32.6 Å². The molecule has 25 heteroatoms. The number of hydrogen-bond acceptors (Lipinski definition) is 15. The number of nitriles is 1. The van der Waals surface area contributed by atoms with Crippen LogP contribution in [0.1, 0.15) is 108 Å². The monoisotopic (exact) mass is 1670 g/mol. The number of cyclic esters (lactones) is 2. The number of carbonyl (C=O) groups is 2. The summed E-state index contributed by atoms with van der Waals surface area (Å²) in [5, 5.41) is 33.1. The average Bonchev–Trinajstić information content (AvgIpc) is 1.66. The SMILES string of the molecule is CC.CC.CC#N.CCS(=O)(=O)Cl.CN.C[N+](=O)[O-].C[N+](=O)[O-].O=C1Cc2ccccc2C(=O)O1.O=c1[nH]c2c(c3ccccc13)Cc1ccccc1-2.O=c1[nH]c2c(c3ccccc13)Cc1ccccc1-2.O=c1[nH]c2c(c3ccccc13)Cc1ccccc1-2.O=c1[nH]c2c(c3ccccc13)Cc1ccccc1-2.[C-]#[N+]c1ccccc1CBr. The van der Waals surface area contributed by atoms with Gasteiger partial charge in [-0.25, -0.2) is 18.1 Å². The molecule has 22 nitrogen and oxygen atoms in total. The van der Waals surface area contributed by atoms with Gasteiger partial charge in [0.05, 0.1) is 53.2 Å². The van der Waals surface area contributed by atoms with Crippen molar-refractivity contribution in [2.45, 2.75) is 79.0 Å². The highest BCUT2D eigenvalue weighted by Gasteiger charge is 2.27. The molecule has 0 atom stereocenters. The van der Waals surface area contributed by atoms with Gasteiger partial charge in [-0.15, -0.1) is 0 Å². The number of pyridine rings is 4. The Hall–Kier alpha value is -13.4. The van der Waals surface area contributed by atoms with Gasteiger partial charge >= 0.3 is 11.9 Å². The maximum Gasteiger partial charge on any atom is 0.346 e. The van der Waals surface area contributed by atoms with Crippen molar-refractivity contribution in [3.05, 3.63) is 377 Å². The largest absolute Gasteiger partial charge is 0.389 e. The zero-order valence-electron chi connectivity index (χ0n) is 65.9. The van der Waals surface area contributed by atoms with Crippen LogP contribution in [0, 0.1) is 38.1 Å². The number of alkyl halides is 1. The maximum absolute atomic E-state index is 12.1. The molecule has 0 saturated carbocycles. The summed E-state index contributed by atoms with van der Waals surface area (Å²) in [5.41, 5.74) is 26.3. The Morgan fingerprint density at radius 3 is 0.897 bits per heavy atom. The van der Waals surface area contributed by atoms with Crippen molar-refractivity contribution >= 4 is 96.4 Å². The molecular weight excluding hydrogens is 1590 g/mol. The molecule has 0 radical (unpaired) electrons. The Morgan fingerprint density at radius 1 is 0.444 bits per heavy atom. The summed E-state index contributed by atoms with van der Waals surface area (Å²) in [6, 6.07) is 80.6. The van der Waals surface area contributed by atoms with Crippen LogP contribution in [-0.2, 0) is 56.0 Å². The number of para-hydroxylation sites is 1. The lowest BCUT2D eigenvalue weighted by Gasteiger charge is -2.12. The summed E-state index contributed by atoms with van der Waals surface area (Å²) < 4.78 is 24.0. The molecule has 598 valence electrons. The smallest absolute Gasteiger partial charge is 0.346 e. The molecule has 0 saturated heterocycles. The van der Waals surface area contributed by atoms with Gasteiger partial charge in [0.2, 0.25) is 9.05 Å². The van der Waals surface area contributed by atoms with Crippen LogP contribution in [0.2, 0.25) is 0 Å². The first-order chi connectivity index (χ1) is 56.5. The molecule has 0 fully saturated rings. The Balaban J connectivity index is 0.000000186. The normalized spacial score (nSPS) is 11.2. The van der Waals surface area contributed by atoms with Crippen LogP contribution in [0.5, 0.6) is 0 Å². The van der Waals surface area contributed by atoms with Crippen LogP contribution in [0.15, 0.2) is 262 Å². The molecule has 5 aliphatic rings. The highest BCUT2D eigenvalue weighted by Crippen LogP contribution is 2.41. The van der Waals surface area contributed by atoms with Crippen molar-refractivity contribution in [3.63, 3.8) is 0 Å². The minimum absolute atomic E-state index is 0.000975. The van der Waals surface area contributed by atoms with Crippen LogP contribution >= 0.6 is 26.6 Å². The fraction of sp³-hybridized carbons (Fsp3) is 0.174. The number of rotatable bonds is 2. The molecule has 4 aliphatic carbocycles. The Morgan fingerprint density at radius 2 is 0.658 bits per heavy atom. The molecule has 19 rings (SSSR count). The Bertz CT molecular complexity index is 5800. The molecule has 14 aromatic rings. The number of ether oxygens (including phenoxy) is 1. The van der Waals surface area contributed by atoms with Crippen LogP contribution in [0.25, 0.3) is 93.0 Å². The number of benzene rings is 10. The van der Waals surface area contributed by atoms with Gasteiger partial charge in [-0.1, -0.05) is 263 Å². The number of aromatic nitrogens is 4. The number of H-pyrrole nitrogens is 4. The molecule has 0 amide bonds. The standard InChI is InChI=1S/4C16H11NO.C9H6O3.C8H6BrN.C2H5ClO2S.C2H3N.2C2H6.2CH3NO2.CH5N/c4*18-16-13-8-4-3-7-12(13)14-9-10-5-1-2-6-11(10)15(14)17-16;10-8-5-6-3-1-2-4-7(6)9(11)12-8;1-10-8-5-3-2-4-7(8)6-9;1-2-6(3,4)5;1-2-3;2*1-2;2*1-2(3)4;1-2/h4*1-8H,9H2,(H,17,18);1-4H,5H2;2-5H,6H2;2H2,1H3;1H3;2*1-2H3;2*1H3;2H2,1H3. The zero-order valence-corrected chi connectivity index (χ0v) is 69.0. The second-order valence-electron chi connectivity index (χ2n) is 25.1. The molecule has 0 bridgehead atoms. The van der Waals surface area contributed by atoms with E-state index < -0.39 is 30.8 Å². The molecule has 10 aromatic carbocycles. The predicted molar refractivity (Wildman–Crippen MR) is 472 cm³/mol. The first-order valence-electron chi connectivity index (χ1n) is 37.2. The number of nitro groups is 2. The number of nitrogens with one attached hydrogen (secondary N) is 4. The van der Waals surface area contributed by atoms with E-state index in [1.165, 1.54) is 65.4 Å². The highest BCUT2D eigenvalue weighted by molar-refractivity contribution is 9.08. The molecule has 5 heterocycles. The van der Waals surface area contributed by atoms with Gasteiger partial charge in [-0.05, 0) is 115 Å². The number of fused-ring (bicyclic) bond motifs is 21. The molecule has 4 aromatic heterocycles. The third-order valence-electron chi connectivity index (χ3n) is 18.1. The number of nitrogens with two attached hydrogens (primary N) is 1. The third-order valence-corrected chi connectivity index (χ3v) is 20.1. The second kappa shape index (κ2) is 44.3. The number of aromatic amines is 4. The van der Waals surface area contributed by atoms with E-state index in [-0.39, 0.29) is 34.4 Å². The Labute approximate surface area is 689 Å². The van der Waals surface area contributed by atoms with Gasteiger partial charge in [-0.3, -0.25) is 44.2 Å². The van der Waals surface area contributed by atoms with Crippen LogP contribution in [0.3, 0.4) is 0 Å². The average molecular weight is 1670 g/mol. The zero-order chi connectivity index (χ0) is 85.5. The highest BCUT2D eigenvalue weighted by atomic mass is 79.9.